The van der Waals surface area contributed by atoms with Gasteiger partial charge in [0.1, 0.15) is 11.1 Å². The van der Waals surface area contributed by atoms with E-state index in [9.17, 15) is 18.4 Å². The first-order chi connectivity index (χ1) is 10.4. The molecule has 1 aliphatic carbocycles. The van der Waals surface area contributed by atoms with E-state index in [0.29, 0.717) is 0 Å². The molecule has 1 spiro atoms. The zero-order valence-corrected chi connectivity index (χ0v) is 14.5. The SMILES string of the molecule is COC(=O)C1(CCCl)C[C@]2(CN1C(=O)OC(C)(C)C)CC2(F)F. The molecular formula is C15H22ClF2NO4. The summed E-state index contributed by atoms with van der Waals surface area (Å²) in [5.74, 6) is -3.59. The predicted octanol–water partition coefficient (Wildman–Crippen LogP) is 3.19. The molecule has 1 heterocycles. The predicted molar refractivity (Wildman–Crippen MR) is 79.6 cm³/mol. The van der Waals surface area contributed by atoms with Crippen molar-refractivity contribution in [3.63, 3.8) is 0 Å². The fourth-order valence-corrected chi connectivity index (χ4v) is 3.63. The van der Waals surface area contributed by atoms with Gasteiger partial charge in [-0.15, -0.1) is 11.6 Å². The second-order valence-corrected chi connectivity index (χ2v) is 7.74. The van der Waals surface area contributed by atoms with Crippen LogP contribution in [-0.2, 0) is 14.3 Å². The van der Waals surface area contributed by atoms with Crippen LogP contribution in [0.2, 0.25) is 0 Å². The number of carbonyl (C=O) groups is 2. The Kier molecular flexibility index (Phi) is 4.33. The van der Waals surface area contributed by atoms with Gasteiger partial charge in [0.05, 0.1) is 12.5 Å². The van der Waals surface area contributed by atoms with Crippen molar-refractivity contribution in [1.29, 1.82) is 0 Å². The molecule has 1 aliphatic heterocycles. The maximum Gasteiger partial charge on any atom is 0.411 e. The van der Waals surface area contributed by atoms with E-state index in [0.717, 1.165) is 4.90 Å². The molecule has 2 fully saturated rings. The maximum atomic E-state index is 13.9. The molecule has 0 aromatic heterocycles. The first kappa shape index (κ1) is 18.2. The van der Waals surface area contributed by atoms with Gasteiger partial charge in [0.2, 0.25) is 0 Å². The number of methoxy groups -OCH3 is 1. The van der Waals surface area contributed by atoms with Crippen molar-refractivity contribution < 1.29 is 27.8 Å². The summed E-state index contributed by atoms with van der Waals surface area (Å²) in [6, 6.07) is 0. The molecule has 23 heavy (non-hydrogen) atoms. The molecular weight excluding hydrogens is 332 g/mol. The first-order valence-corrected chi connectivity index (χ1v) is 7.99. The van der Waals surface area contributed by atoms with Gasteiger partial charge in [-0.1, -0.05) is 0 Å². The average Bonchev–Trinajstić information content (AvgIpc) is 2.76. The lowest BCUT2D eigenvalue weighted by Gasteiger charge is -2.36. The van der Waals surface area contributed by atoms with E-state index in [1.54, 1.807) is 20.8 Å². The van der Waals surface area contributed by atoms with Crippen molar-refractivity contribution in [2.24, 2.45) is 5.41 Å². The van der Waals surface area contributed by atoms with E-state index in [2.05, 4.69) is 0 Å². The maximum absolute atomic E-state index is 13.9. The summed E-state index contributed by atoms with van der Waals surface area (Å²) in [5.41, 5.74) is -3.69. The van der Waals surface area contributed by atoms with Crippen molar-refractivity contribution >= 4 is 23.7 Å². The quantitative estimate of drug-likeness (QED) is 0.577. The van der Waals surface area contributed by atoms with Gasteiger partial charge in [0.15, 0.2) is 0 Å². The molecule has 2 aliphatic rings. The number of hydrogen-bond donors (Lipinski definition) is 0. The van der Waals surface area contributed by atoms with Crippen LogP contribution in [0.15, 0.2) is 0 Å². The molecule has 0 bridgehead atoms. The fraction of sp³-hybridized carbons (Fsp3) is 0.867. The van der Waals surface area contributed by atoms with Crippen molar-refractivity contribution in [1.82, 2.24) is 4.90 Å². The minimum absolute atomic E-state index is 0.0377. The van der Waals surface area contributed by atoms with E-state index in [1.165, 1.54) is 7.11 Å². The minimum atomic E-state index is -2.89. The number of hydrogen-bond acceptors (Lipinski definition) is 4. The molecule has 1 saturated carbocycles. The van der Waals surface area contributed by atoms with Crippen LogP contribution in [-0.4, -0.2) is 53.6 Å². The molecule has 2 atom stereocenters. The Bertz CT molecular complexity index is 522. The summed E-state index contributed by atoms with van der Waals surface area (Å²) in [6.07, 6.45) is -1.27. The number of amides is 1. The summed E-state index contributed by atoms with van der Waals surface area (Å²) < 4.78 is 37.8. The summed E-state index contributed by atoms with van der Waals surface area (Å²) >= 11 is 5.79. The highest BCUT2D eigenvalue weighted by atomic mass is 35.5. The van der Waals surface area contributed by atoms with Crippen LogP contribution >= 0.6 is 11.6 Å². The van der Waals surface area contributed by atoms with Crippen LogP contribution in [0.5, 0.6) is 0 Å². The number of carbonyl (C=O) groups excluding carboxylic acids is 2. The minimum Gasteiger partial charge on any atom is -0.467 e. The Morgan fingerprint density at radius 3 is 2.22 bits per heavy atom. The van der Waals surface area contributed by atoms with Crippen LogP contribution in [0.25, 0.3) is 0 Å². The third kappa shape index (κ3) is 2.99. The molecule has 1 unspecified atom stereocenters. The van der Waals surface area contributed by atoms with Gasteiger partial charge in [-0.05, 0) is 33.6 Å². The standard InChI is InChI=1S/C15H22ClF2NO4/c1-12(2,3)23-11(21)19-9-13(8-15(13,17)18)7-14(19,5-6-16)10(20)22-4/h5-9H2,1-4H3/t13-,14?/m1/s1. The van der Waals surface area contributed by atoms with Gasteiger partial charge < -0.3 is 9.47 Å². The molecule has 0 radical (unpaired) electrons. The van der Waals surface area contributed by atoms with Crippen molar-refractivity contribution in [2.75, 3.05) is 19.5 Å². The number of alkyl halides is 3. The smallest absolute Gasteiger partial charge is 0.411 e. The van der Waals surface area contributed by atoms with E-state index in [-0.39, 0.29) is 31.7 Å². The Hall–Kier alpha value is -1.11. The van der Waals surface area contributed by atoms with Crippen LogP contribution in [0, 0.1) is 5.41 Å². The van der Waals surface area contributed by atoms with Crippen LogP contribution in [0.1, 0.15) is 40.0 Å². The van der Waals surface area contributed by atoms with E-state index in [1.807, 2.05) is 0 Å². The fourth-order valence-electron chi connectivity index (χ4n) is 3.32. The van der Waals surface area contributed by atoms with Gasteiger partial charge in [0, 0.05) is 18.8 Å². The Morgan fingerprint density at radius 2 is 1.83 bits per heavy atom. The number of likely N-dealkylation sites (tertiary alicyclic amines) is 1. The van der Waals surface area contributed by atoms with E-state index >= 15 is 0 Å². The van der Waals surface area contributed by atoms with E-state index in [4.69, 9.17) is 21.1 Å². The molecule has 1 amide bonds. The molecule has 8 heteroatoms. The summed E-state index contributed by atoms with van der Waals surface area (Å²) in [5, 5.41) is 0. The van der Waals surface area contributed by atoms with Crippen LogP contribution in [0.4, 0.5) is 13.6 Å². The lowest BCUT2D eigenvalue weighted by Crippen LogP contribution is -2.55. The molecule has 5 nitrogen and oxygen atoms in total. The Morgan fingerprint density at radius 1 is 1.26 bits per heavy atom. The summed E-state index contributed by atoms with van der Waals surface area (Å²) in [6.45, 7) is 4.78. The third-order valence-corrected chi connectivity index (χ3v) is 4.70. The molecule has 2 rings (SSSR count). The number of halogens is 3. The molecule has 0 aromatic carbocycles. The largest absolute Gasteiger partial charge is 0.467 e. The second kappa shape index (κ2) is 5.46. The third-order valence-electron chi connectivity index (χ3n) is 4.51. The Balaban J connectivity index is 2.38. The van der Waals surface area contributed by atoms with Crippen molar-refractivity contribution in [3.8, 4) is 0 Å². The van der Waals surface area contributed by atoms with Gasteiger partial charge in [-0.2, -0.15) is 0 Å². The monoisotopic (exact) mass is 353 g/mol. The molecule has 132 valence electrons. The van der Waals surface area contributed by atoms with Crippen molar-refractivity contribution in [3.05, 3.63) is 0 Å². The molecule has 0 aromatic rings. The summed E-state index contributed by atoms with van der Waals surface area (Å²) in [7, 11) is 1.17. The molecule has 1 saturated heterocycles. The average molecular weight is 354 g/mol. The van der Waals surface area contributed by atoms with Gasteiger partial charge in [-0.25, -0.2) is 18.4 Å². The van der Waals surface area contributed by atoms with Crippen molar-refractivity contribution in [2.45, 2.75) is 57.1 Å². The van der Waals surface area contributed by atoms with Gasteiger partial charge in [-0.3, -0.25) is 4.90 Å². The number of esters is 1. The Labute approximate surface area is 139 Å². The van der Waals surface area contributed by atoms with Crippen LogP contribution in [0.3, 0.4) is 0 Å². The number of ether oxygens (including phenoxy) is 2. The van der Waals surface area contributed by atoms with E-state index < -0.39 is 34.5 Å². The first-order valence-electron chi connectivity index (χ1n) is 7.46. The van der Waals surface area contributed by atoms with Gasteiger partial charge >= 0.3 is 12.1 Å². The lowest BCUT2D eigenvalue weighted by atomic mass is 9.87. The normalized spacial score (nSPS) is 32.0. The highest BCUT2D eigenvalue weighted by Gasteiger charge is 2.79. The second-order valence-electron chi connectivity index (χ2n) is 7.37. The summed E-state index contributed by atoms with van der Waals surface area (Å²) in [4.78, 5) is 26.0. The van der Waals surface area contributed by atoms with Gasteiger partial charge in [0.25, 0.3) is 5.92 Å². The highest BCUT2D eigenvalue weighted by Crippen LogP contribution is 2.68. The molecule has 0 N–H and O–H groups in total. The zero-order valence-electron chi connectivity index (χ0n) is 13.7. The van der Waals surface area contributed by atoms with Crippen LogP contribution < -0.4 is 0 Å². The number of nitrogens with zero attached hydrogens (tertiary/aromatic N) is 1. The zero-order chi connectivity index (χ0) is 17.7. The topological polar surface area (TPSA) is 55.8 Å². The lowest BCUT2D eigenvalue weighted by molar-refractivity contribution is -0.153. The number of rotatable bonds is 3. The highest BCUT2D eigenvalue weighted by molar-refractivity contribution is 6.18.